The van der Waals surface area contributed by atoms with Crippen molar-refractivity contribution < 1.29 is 13.9 Å². The van der Waals surface area contributed by atoms with E-state index in [1.54, 1.807) is 11.0 Å². The smallest absolute Gasteiger partial charge is 0.256 e. The van der Waals surface area contributed by atoms with E-state index in [0.717, 1.165) is 24.7 Å². The Labute approximate surface area is 139 Å². The van der Waals surface area contributed by atoms with Crippen LogP contribution >= 0.6 is 0 Å². The Morgan fingerprint density at radius 3 is 2.75 bits per heavy atom. The van der Waals surface area contributed by atoms with Crippen LogP contribution in [0.5, 0.6) is 5.88 Å². The number of aromatic nitrogens is 3. The maximum atomic E-state index is 13.7. The number of piperidine rings is 1. The molecule has 0 unspecified atom stereocenters. The number of pyridine rings is 1. The van der Waals surface area contributed by atoms with Gasteiger partial charge in [-0.05, 0) is 37.8 Å². The molecule has 1 saturated heterocycles. The molecule has 0 saturated carbocycles. The lowest BCUT2D eigenvalue weighted by Gasteiger charge is -2.31. The lowest BCUT2D eigenvalue weighted by molar-refractivity contribution is 0.0654. The summed E-state index contributed by atoms with van der Waals surface area (Å²) in [6, 6.07) is 5.07. The van der Waals surface area contributed by atoms with Crippen LogP contribution in [-0.2, 0) is 0 Å². The van der Waals surface area contributed by atoms with E-state index in [9.17, 15) is 9.18 Å². The van der Waals surface area contributed by atoms with Gasteiger partial charge in [0.15, 0.2) is 5.82 Å². The molecule has 1 aliphatic rings. The largest absolute Gasteiger partial charge is 0.476 e. The summed E-state index contributed by atoms with van der Waals surface area (Å²) in [7, 11) is 0. The molecule has 0 bridgehead atoms. The molecule has 2 aromatic rings. The van der Waals surface area contributed by atoms with E-state index < -0.39 is 5.82 Å². The van der Waals surface area contributed by atoms with E-state index in [1.165, 1.54) is 12.3 Å². The molecule has 3 rings (SSSR count). The Morgan fingerprint density at radius 2 is 2.08 bits per heavy atom. The summed E-state index contributed by atoms with van der Waals surface area (Å²) < 4.78 is 19.3. The lowest BCUT2D eigenvalue weighted by atomic mass is 9.97. The van der Waals surface area contributed by atoms with Crippen molar-refractivity contribution in [2.75, 3.05) is 19.7 Å². The van der Waals surface area contributed by atoms with Crippen molar-refractivity contribution in [1.82, 2.24) is 20.1 Å². The topological polar surface area (TPSA) is 68.2 Å². The van der Waals surface area contributed by atoms with Crippen molar-refractivity contribution in [3.8, 4) is 5.88 Å². The number of rotatable bonds is 4. The van der Waals surface area contributed by atoms with Crippen molar-refractivity contribution in [1.29, 1.82) is 0 Å². The SMILES string of the molecule is Cc1ccc(OCC2CCN(C(=O)c3ccncc3F)CC2)nn1. The molecule has 24 heavy (non-hydrogen) atoms. The second kappa shape index (κ2) is 7.33. The summed E-state index contributed by atoms with van der Waals surface area (Å²) >= 11 is 0. The van der Waals surface area contributed by atoms with Gasteiger partial charge in [0.25, 0.3) is 5.91 Å². The summed E-state index contributed by atoms with van der Waals surface area (Å²) in [6.45, 7) is 3.60. The lowest BCUT2D eigenvalue weighted by Crippen LogP contribution is -2.40. The standard InChI is InChI=1S/C17H19FN4O2/c1-12-2-3-16(21-20-12)24-11-13-5-8-22(9-6-13)17(23)14-4-7-19-10-15(14)18/h2-4,7,10,13H,5-6,8-9,11H2,1H3. The number of nitrogens with zero attached hydrogens (tertiary/aromatic N) is 4. The van der Waals surface area contributed by atoms with Crippen molar-refractivity contribution >= 4 is 5.91 Å². The quantitative estimate of drug-likeness (QED) is 0.860. The molecule has 126 valence electrons. The molecule has 1 amide bonds. The maximum Gasteiger partial charge on any atom is 0.256 e. The van der Waals surface area contributed by atoms with Gasteiger partial charge in [0.1, 0.15) is 0 Å². The molecule has 0 atom stereocenters. The number of hydrogen-bond donors (Lipinski definition) is 0. The third kappa shape index (κ3) is 3.84. The molecular weight excluding hydrogens is 311 g/mol. The highest BCUT2D eigenvalue weighted by Gasteiger charge is 2.25. The first kappa shape index (κ1) is 16.3. The Balaban J connectivity index is 1.49. The maximum absolute atomic E-state index is 13.7. The number of aryl methyl sites for hydroxylation is 1. The van der Waals surface area contributed by atoms with E-state index >= 15 is 0 Å². The number of halogens is 1. The molecule has 2 aromatic heterocycles. The van der Waals surface area contributed by atoms with Crippen LogP contribution in [0.2, 0.25) is 0 Å². The minimum atomic E-state index is -0.578. The Morgan fingerprint density at radius 1 is 1.29 bits per heavy atom. The fourth-order valence-electron chi connectivity index (χ4n) is 2.69. The number of likely N-dealkylation sites (tertiary alicyclic amines) is 1. The Bertz CT molecular complexity index is 700. The molecular formula is C17H19FN4O2. The van der Waals surface area contributed by atoms with Crippen molar-refractivity contribution in [3.05, 3.63) is 47.7 Å². The van der Waals surface area contributed by atoms with Crippen LogP contribution in [0.15, 0.2) is 30.6 Å². The van der Waals surface area contributed by atoms with Crippen molar-refractivity contribution in [2.24, 2.45) is 5.92 Å². The third-order valence-electron chi connectivity index (χ3n) is 4.14. The van der Waals surface area contributed by atoms with E-state index in [1.807, 2.05) is 13.0 Å². The van der Waals surface area contributed by atoms with E-state index in [0.29, 0.717) is 31.5 Å². The molecule has 1 aliphatic heterocycles. The fraction of sp³-hybridized carbons (Fsp3) is 0.412. The van der Waals surface area contributed by atoms with E-state index in [2.05, 4.69) is 15.2 Å². The van der Waals surface area contributed by atoms with Gasteiger partial charge in [-0.3, -0.25) is 9.78 Å². The highest BCUT2D eigenvalue weighted by Crippen LogP contribution is 2.20. The van der Waals surface area contributed by atoms with Crippen LogP contribution in [0.3, 0.4) is 0 Å². The van der Waals surface area contributed by atoms with Gasteiger partial charge >= 0.3 is 0 Å². The second-order valence-electron chi connectivity index (χ2n) is 5.92. The van der Waals surface area contributed by atoms with Gasteiger partial charge < -0.3 is 9.64 Å². The van der Waals surface area contributed by atoms with Crippen LogP contribution in [0.1, 0.15) is 28.9 Å². The van der Waals surface area contributed by atoms with Gasteiger partial charge in [0, 0.05) is 25.4 Å². The third-order valence-corrected chi connectivity index (χ3v) is 4.14. The average molecular weight is 330 g/mol. The predicted octanol–water partition coefficient (Wildman–Crippen LogP) is 2.25. The summed E-state index contributed by atoms with van der Waals surface area (Å²) in [5.41, 5.74) is 0.923. The van der Waals surface area contributed by atoms with Crippen LogP contribution in [0.25, 0.3) is 0 Å². The first-order chi connectivity index (χ1) is 11.6. The predicted molar refractivity (Wildman–Crippen MR) is 85.1 cm³/mol. The van der Waals surface area contributed by atoms with Gasteiger partial charge in [-0.1, -0.05) is 0 Å². The first-order valence-electron chi connectivity index (χ1n) is 7.95. The molecule has 7 heteroatoms. The van der Waals surface area contributed by atoms with Crippen molar-refractivity contribution in [3.63, 3.8) is 0 Å². The zero-order valence-corrected chi connectivity index (χ0v) is 13.5. The normalized spacial score (nSPS) is 15.3. The van der Waals surface area contributed by atoms with Crippen LogP contribution in [0, 0.1) is 18.7 Å². The molecule has 3 heterocycles. The second-order valence-corrected chi connectivity index (χ2v) is 5.92. The summed E-state index contributed by atoms with van der Waals surface area (Å²) in [5, 5.41) is 7.92. The van der Waals surface area contributed by atoms with Gasteiger partial charge in [0.05, 0.1) is 24.1 Å². The summed E-state index contributed by atoms with van der Waals surface area (Å²) in [5.74, 6) is 0.00183. The summed E-state index contributed by atoms with van der Waals surface area (Å²) in [6.07, 6.45) is 4.13. The molecule has 0 aliphatic carbocycles. The van der Waals surface area contributed by atoms with Gasteiger partial charge in [-0.15, -0.1) is 5.10 Å². The van der Waals surface area contributed by atoms with E-state index in [4.69, 9.17) is 4.74 Å². The van der Waals surface area contributed by atoms with Gasteiger partial charge in [0.2, 0.25) is 5.88 Å². The zero-order chi connectivity index (χ0) is 16.9. The first-order valence-corrected chi connectivity index (χ1v) is 7.95. The molecule has 0 N–H and O–H groups in total. The number of carbonyl (C=O) groups excluding carboxylic acids is 1. The number of carbonyl (C=O) groups is 1. The van der Waals surface area contributed by atoms with Crippen molar-refractivity contribution in [2.45, 2.75) is 19.8 Å². The zero-order valence-electron chi connectivity index (χ0n) is 13.5. The highest BCUT2D eigenvalue weighted by molar-refractivity contribution is 5.94. The monoisotopic (exact) mass is 330 g/mol. The number of amides is 1. The average Bonchev–Trinajstić information content (AvgIpc) is 2.61. The highest BCUT2D eigenvalue weighted by atomic mass is 19.1. The molecule has 0 radical (unpaired) electrons. The van der Waals surface area contributed by atoms with Gasteiger partial charge in [-0.2, -0.15) is 5.10 Å². The van der Waals surface area contributed by atoms with Crippen LogP contribution in [0.4, 0.5) is 4.39 Å². The number of hydrogen-bond acceptors (Lipinski definition) is 5. The molecule has 1 fully saturated rings. The summed E-state index contributed by atoms with van der Waals surface area (Å²) in [4.78, 5) is 17.7. The van der Waals surface area contributed by atoms with Gasteiger partial charge in [-0.25, -0.2) is 4.39 Å². The minimum Gasteiger partial charge on any atom is -0.476 e. The molecule has 6 nitrogen and oxygen atoms in total. The Kier molecular flexibility index (Phi) is 4.98. The van der Waals surface area contributed by atoms with Crippen LogP contribution < -0.4 is 4.74 Å². The van der Waals surface area contributed by atoms with Crippen LogP contribution in [-0.4, -0.2) is 45.7 Å². The molecule has 0 aromatic carbocycles. The minimum absolute atomic E-state index is 0.0784. The number of ether oxygens (including phenoxy) is 1. The molecule has 0 spiro atoms. The van der Waals surface area contributed by atoms with E-state index in [-0.39, 0.29) is 11.5 Å². The fourth-order valence-corrected chi connectivity index (χ4v) is 2.69. The Hall–Kier alpha value is -2.57.